The first-order valence-corrected chi connectivity index (χ1v) is 11.7. The van der Waals surface area contributed by atoms with Crippen LogP contribution in [0.5, 0.6) is 0 Å². The molecule has 0 saturated heterocycles. The lowest BCUT2D eigenvalue weighted by Crippen LogP contribution is -2.36. The average molecular weight is 539 g/mol. The van der Waals surface area contributed by atoms with E-state index in [1.807, 2.05) is 6.07 Å². The molecule has 0 saturated carbocycles. The third-order valence-corrected chi connectivity index (χ3v) is 5.77. The van der Waals surface area contributed by atoms with Crippen molar-refractivity contribution in [2.75, 3.05) is 5.32 Å². The zero-order valence-electron chi connectivity index (χ0n) is 19.6. The number of benzene rings is 3. The van der Waals surface area contributed by atoms with Crippen molar-refractivity contribution in [1.29, 1.82) is 5.26 Å². The van der Waals surface area contributed by atoms with Gasteiger partial charge in [-0.2, -0.15) is 5.26 Å². The van der Waals surface area contributed by atoms with E-state index in [9.17, 15) is 11.4 Å². The van der Waals surface area contributed by atoms with Crippen molar-refractivity contribution in [3.05, 3.63) is 117 Å². The van der Waals surface area contributed by atoms with Gasteiger partial charge in [0.2, 0.25) is 5.96 Å². The van der Waals surface area contributed by atoms with Gasteiger partial charge >= 0.3 is 0 Å². The fraction of sp³-hybridized carbons (Fsp3) is 0.0769. The largest absolute Gasteiger partial charge is 0.335 e. The minimum atomic E-state index is -1.71. The number of amides is 1. The zero-order chi connectivity index (χ0) is 26.4. The Balaban J connectivity index is 1.79. The first-order chi connectivity index (χ1) is 17.8. The summed E-state index contributed by atoms with van der Waals surface area (Å²) in [7, 11) is 0. The molecule has 4 rings (SSSR count). The molecule has 1 amide bonds. The molecule has 0 unspecified atom stereocenters. The second-order valence-corrected chi connectivity index (χ2v) is 8.82. The molecule has 10 heteroatoms. The van der Waals surface area contributed by atoms with E-state index in [-0.39, 0.29) is 23.1 Å². The van der Waals surface area contributed by atoms with Gasteiger partial charge in [-0.25, -0.2) is 9.98 Å². The number of aliphatic imine (C=N–C) groups is 1. The van der Waals surface area contributed by atoms with E-state index < -0.39 is 11.9 Å². The Hall–Kier alpha value is -3.83. The standard InChI is InChI=1S/C26H19Cl3N6O/c27-19-4-7-21(8-5-19)32-26(34-25(36)18-3-1-2-17(12-18)14-30)33-24(15-35-11-10-31-16-35)22-9-6-20(28)13-23(22)29/h1-13,16,24H,15H2,(H2,32,33,34,36)/t24-/m0/s1/i24D. The van der Waals surface area contributed by atoms with Crippen molar-refractivity contribution in [3.8, 4) is 6.07 Å². The molecule has 1 heterocycles. The molecule has 180 valence electrons. The van der Waals surface area contributed by atoms with Crippen molar-refractivity contribution < 1.29 is 6.17 Å². The minimum absolute atomic E-state index is 0.0178. The maximum atomic E-state index is 13.1. The number of nitrogens with zero attached hydrogens (tertiary/aromatic N) is 4. The molecule has 36 heavy (non-hydrogen) atoms. The van der Waals surface area contributed by atoms with E-state index in [4.69, 9.17) is 34.8 Å². The van der Waals surface area contributed by atoms with E-state index in [1.54, 1.807) is 77.9 Å². The lowest BCUT2D eigenvalue weighted by Gasteiger charge is -2.19. The third-order valence-electron chi connectivity index (χ3n) is 4.97. The van der Waals surface area contributed by atoms with Crippen molar-refractivity contribution in [1.82, 2.24) is 14.9 Å². The highest BCUT2D eigenvalue weighted by atomic mass is 35.5. The average Bonchev–Trinajstić information content (AvgIpc) is 3.38. The second kappa shape index (κ2) is 11.7. The summed E-state index contributed by atoms with van der Waals surface area (Å²) in [5, 5.41) is 16.2. The second-order valence-electron chi connectivity index (χ2n) is 7.54. The molecule has 1 atom stereocenters. The summed E-state index contributed by atoms with van der Waals surface area (Å²) in [4.78, 5) is 21.8. The van der Waals surface area contributed by atoms with Crippen molar-refractivity contribution in [3.63, 3.8) is 0 Å². The lowest BCUT2D eigenvalue weighted by atomic mass is 10.1. The van der Waals surface area contributed by atoms with E-state index in [0.29, 0.717) is 26.9 Å². The van der Waals surface area contributed by atoms with Crippen LogP contribution in [0.3, 0.4) is 0 Å². The van der Waals surface area contributed by atoms with E-state index in [1.165, 1.54) is 12.1 Å². The molecule has 0 radical (unpaired) electrons. The smallest absolute Gasteiger partial charge is 0.258 e. The SMILES string of the molecule is [2H][C@@](Cn1ccnc1)(N=C(NC(=O)c1cccc(C#N)c1)Nc1ccc(Cl)cc1)c1ccc(Cl)cc1Cl. The summed E-state index contributed by atoms with van der Waals surface area (Å²) in [6, 6.07) is 18.1. The van der Waals surface area contributed by atoms with Crippen molar-refractivity contribution >= 4 is 52.4 Å². The van der Waals surface area contributed by atoms with Gasteiger partial charge in [-0.1, -0.05) is 46.9 Å². The molecule has 0 spiro atoms. The van der Waals surface area contributed by atoms with Crippen LogP contribution < -0.4 is 10.6 Å². The van der Waals surface area contributed by atoms with Gasteiger partial charge in [0.1, 0.15) is 0 Å². The van der Waals surface area contributed by atoms with Crippen LogP contribution in [-0.4, -0.2) is 21.4 Å². The number of hydrogen-bond donors (Lipinski definition) is 2. The molecule has 4 aromatic rings. The van der Waals surface area contributed by atoms with Crippen molar-refractivity contribution in [2.24, 2.45) is 4.99 Å². The molecule has 0 bridgehead atoms. The maximum absolute atomic E-state index is 13.1. The zero-order valence-corrected chi connectivity index (χ0v) is 20.9. The number of anilines is 1. The number of carbonyl (C=O) groups is 1. The topological polar surface area (TPSA) is 95.1 Å². The number of carbonyl (C=O) groups excluding carboxylic acids is 1. The number of hydrogen-bond acceptors (Lipinski definition) is 4. The molecule has 3 aromatic carbocycles. The van der Waals surface area contributed by atoms with E-state index in [2.05, 4.69) is 20.6 Å². The van der Waals surface area contributed by atoms with Crippen molar-refractivity contribution in [2.45, 2.75) is 12.6 Å². The van der Waals surface area contributed by atoms with Crippen LogP contribution in [-0.2, 0) is 6.54 Å². The number of aromatic nitrogens is 2. The van der Waals surface area contributed by atoms with E-state index >= 15 is 0 Å². The minimum Gasteiger partial charge on any atom is -0.335 e. The van der Waals surface area contributed by atoms with Gasteiger partial charge in [0.05, 0.1) is 31.9 Å². The number of imidazole rings is 1. The number of nitrogens with one attached hydrogen (secondary N) is 2. The molecule has 0 aliphatic rings. The van der Waals surface area contributed by atoms with Crippen LogP contribution in [0.15, 0.2) is 90.4 Å². The summed E-state index contributed by atoms with van der Waals surface area (Å²) in [5.74, 6) is -0.541. The monoisotopic (exact) mass is 537 g/mol. The molecular formula is C26H19Cl3N6O. The molecule has 7 nitrogen and oxygen atoms in total. The van der Waals surface area contributed by atoms with Gasteiger partial charge in [0.15, 0.2) is 0 Å². The summed E-state index contributed by atoms with van der Waals surface area (Å²) in [6.07, 6.45) is 4.84. The Morgan fingerprint density at radius 2 is 1.89 bits per heavy atom. The van der Waals surface area contributed by atoms with Gasteiger partial charge < -0.3 is 9.88 Å². The molecule has 0 fully saturated rings. The summed E-state index contributed by atoms with van der Waals surface area (Å²) < 4.78 is 11.1. The third kappa shape index (κ3) is 6.64. The highest BCUT2D eigenvalue weighted by molar-refractivity contribution is 6.35. The van der Waals surface area contributed by atoms with Gasteiger partial charge in [0.25, 0.3) is 5.91 Å². The fourth-order valence-corrected chi connectivity index (χ4v) is 3.90. The predicted molar refractivity (Wildman–Crippen MR) is 143 cm³/mol. The Morgan fingerprint density at radius 1 is 1.11 bits per heavy atom. The summed E-state index contributed by atoms with van der Waals surface area (Å²) in [6.45, 7) is 0.0277. The number of rotatable bonds is 6. The predicted octanol–water partition coefficient (Wildman–Crippen LogP) is 6.35. The Morgan fingerprint density at radius 3 is 2.58 bits per heavy atom. The number of nitriles is 1. The maximum Gasteiger partial charge on any atom is 0.258 e. The highest BCUT2D eigenvalue weighted by Crippen LogP contribution is 2.30. The van der Waals surface area contributed by atoms with Crippen LogP contribution in [0.2, 0.25) is 15.1 Å². The van der Waals surface area contributed by atoms with Gasteiger partial charge in [0, 0.05) is 38.7 Å². The molecule has 1 aromatic heterocycles. The number of halogens is 3. The fourth-order valence-electron chi connectivity index (χ4n) is 3.26. The molecule has 0 aliphatic carbocycles. The highest BCUT2D eigenvalue weighted by Gasteiger charge is 2.18. The number of guanidine groups is 1. The molecular weight excluding hydrogens is 519 g/mol. The summed E-state index contributed by atoms with van der Waals surface area (Å²) >= 11 is 18.6. The lowest BCUT2D eigenvalue weighted by molar-refractivity contribution is 0.0976. The van der Waals surface area contributed by atoms with Crippen LogP contribution in [0.4, 0.5) is 5.69 Å². The Kier molecular flexibility index (Phi) is 7.79. The van der Waals surface area contributed by atoms with Gasteiger partial charge in [-0.3, -0.25) is 10.1 Å². The van der Waals surface area contributed by atoms with Crippen LogP contribution >= 0.6 is 34.8 Å². The summed E-state index contributed by atoms with van der Waals surface area (Å²) in [5.41, 5.74) is 1.52. The normalized spacial score (nSPS) is 13.3. The first kappa shape index (κ1) is 23.9. The Bertz CT molecular complexity index is 1490. The van der Waals surface area contributed by atoms with Crippen LogP contribution in [0.25, 0.3) is 0 Å². The quantitative estimate of drug-likeness (QED) is 0.221. The van der Waals surface area contributed by atoms with Gasteiger partial charge in [-0.05, 0) is 60.2 Å². The first-order valence-electron chi connectivity index (χ1n) is 11.1. The van der Waals surface area contributed by atoms with Gasteiger partial charge in [-0.15, -0.1) is 0 Å². The molecule has 0 aliphatic heterocycles. The van der Waals surface area contributed by atoms with Crippen LogP contribution in [0, 0.1) is 11.3 Å². The molecule has 2 N–H and O–H groups in total. The Labute approximate surface area is 224 Å². The van der Waals surface area contributed by atoms with E-state index in [0.717, 1.165) is 0 Å². The van der Waals surface area contributed by atoms with Crippen LogP contribution in [0.1, 0.15) is 28.9 Å².